The maximum atomic E-state index is 11.6. The lowest BCUT2D eigenvalue weighted by molar-refractivity contribution is -0.0328. The van der Waals surface area contributed by atoms with Gasteiger partial charge in [0.25, 0.3) is 0 Å². The van der Waals surface area contributed by atoms with E-state index in [4.69, 9.17) is 0 Å². The van der Waals surface area contributed by atoms with Gasteiger partial charge in [-0.3, -0.25) is 0 Å². The fraction of sp³-hybridized carbons (Fsp3) is 0.333. The molecule has 0 aliphatic rings. The largest absolute Gasteiger partial charge is 0.448 e. The Kier molecular flexibility index (Phi) is 2.76. The number of halogens is 4. The van der Waals surface area contributed by atoms with E-state index >= 15 is 0 Å². The van der Waals surface area contributed by atoms with Crippen LogP contribution < -0.4 is 0 Å². The number of thioether (sulfide) groups is 1. The van der Waals surface area contributed by atoms with Gasteiger partial charge in [-0.15, -0.1) is 10.2 Å². The first-order chi connectivity index (χ1) is 4.97. The van der Waals surface area contributed by atoms with Gasteiger partial charge in [0.2, 0.25) is 0 Å². The van der Waals surface area contributed by atoms with Crippen molar-refractivity contribution in [2.24, 2.45) is 0 Å². The summed E-state index contributed by atoms with van der Waals surface area (Å²) in [5.41, 5.74) is -4.28. The SMILES string of the molecule is FC(F)(F)Sc1nnc(Br)s1. The predicted molar refractivity (Wildman–Crippen MR) is 39.5 cm³/mol. The van der Waals surface area contributed by atoms with Gasteiger partial charge in [0.05, 0.1) is 0 Å². The van der Waals surface area contributed by atoms with Gasteiger partial charge in [-0.2, -0.15) is 13.2 Å². The van der Waals surface area contributed by atoms with Crippen molar-refractivity contribution in [2.45, 2.75) is 9.85 Å². The molecule has 0 saturated heterocycles. The maximum Gasteiger partial charge on any atom is 0.448 e. The van der Waals surface area contributed by atoms with Crippen LogP contribution in [-0.4, -0.2) is 15.7 Å². The Morgan fingerprint density at radius 1 is 1.36 bits per heavy atom. The number of hydrogen-bond acceptors (Lipinski definition) is 4. The van der Waals surface area contributed by atoms with Gasteiger partial charge >= 0.3 is 5.51 Å². The molecule has 8 heteroatoms. The third-order valence-corrected chi connectivity index (χ3v) is 2.72. The number of alkyl halides is 3. The fourth-order valence-corrected chi connectivity index (χ4v) is 2.47. The summed E-state index contributed by atoms with van der Waals surface area (Å²) in [6, 6.07) is 0. The van der Waals surface area contributed by atoms with Crippen LogP contribution in [-0.2, 0) is 0 Å². The van der Waals surface area contributed by atoms with Crippen LogP contribution in [0.4, 0.5) is 13.2 Å². The lowest BCUT2D eigenvalue weighted by atomic mass is 11.5. The van der Waals surface area contributed by atoms with E-state index in [0.29, 0.717) is 3.92 Å². The van der Waals surface area contributed by atoms with Crippen LogP contribution >= 0.6 is 39.0 Å². The molecule has 0 radical (unpaired) electrons. The van der Waals surface area contributed by atoms with E-state index in [0.717, 1.165) is 11.3 Å². The third kappa shape index (κ3) is 3.39. The molecule has 11 heavy (non-hydrogen) atoms. The van der Waals surface area contributed by atoms with Crippen molar-refractivity contribution in [1.29, 1.82) is 0 Å². The highest BCUT2D eigenvalue weighted by Crippen LogP contribution is 2.38. The van der Waals surface area contributed by atoms with Gasteiger partial charge in [0, 0.05) is 11.8 Å². The number of hydrogen-bond donors (Lipinski definition) is 0. The van der Waals surface area contributed by atoms with Gasteiger partial charge in [0.15, 0.2) is 8.26 Å². The second kappa shape index (κ2) is 3.28. The summed E-state index contributed by atoms with van der Waals surface area (Å²) < 4.78 is 35.2. The van der Waals surface area contributed by atoms with E-state index in [1.165, 1.54) is 0 Å². The monoisotopic (exact) mass is 264 g/mol. The maximum absolute atomic E-state index is 11.6. The molecule has 1 rings (SSSR count). The summed E-state index contributed by atoms with van der Waals surface area (Å²) in [7, 11) is 0. The van der Waals surface area contributed by atoms with Gasteiger partial charge in [-0.1, -0.05) is 11.3 Å². The van der Waals surface area contributed by atoms with E-state index in [2.05, 4.69) is 26.1 Å². The summed E-state index contributed by atoms with van der Waals surface area (Å²) in [6.45, 7) is 0. The van der Waals surface area contributed by atoms with Crippen molar-refractivity contribution < 1.29 is 13.2 Å². The lowest BCUT2D eigenvalue weighted by Gasteiger charge is -1.98. The van der Waals surface area contributed by atoms with Crippen LogP contribution in [0.15, 0.2) is 8.26 Å². The molecule has 62 valence electrons. The molecule has 0 bridgehead atoms. The minimum Gasteiger partial charge on any atom is -0.160 e. The molecule has 0 aliphatic carbocycles. The molecular weight excluding hydrogens is 265 g/mol. The first kappa shape index (κ1) is 9.27. The normalized spacial score (nSPS) is 12.0. The molecule has 0 aromatic carbocycles. The Morgan fingerprint density at radius 2 is 2.00 bits per heavy atom. The first-order valence-electron chi connectivity index (χ1n) is 2.22. The molecule has 0 fully saturated rings. The van der Waals surface area contributed by atoms with Crippen LogP contribution in [0.5, 0.6) is 0 Å². The van der Waals surface area contributed by atoms with Crippen LogP contribution in [0, 0.1) is 0 Å². The lowest BCUT2D eigenvalue weighted by Crippen LogP contribution is -1.98. The van der Waals surface area contributed by atoms with E-state index in [9.17, 15) is 13.2 Å². The standard InChI is InChI=1S/C3BrF3N2S2/c4-1-8-9-2(10-1)11-3(5,6)7. The molecular formula is C3BrF3N2S2. The summed E-state index contributed by atoms with van der Waals surface area (Å²) in [4.78, 5) is 0. The summed E-state index contributed by atoms with van der Waals surface area (Å²) in [5, 5.41) is 6.63. The predicted octanol–water partition coefficient (Wildman–Crippen LogP) is 2.91. The highest BCUT2D eigenvalue weighted by Gasteiger charge is 2.31. The molecule has 0 atom stereocenters. The molecule has 2 nitrogen and oxygen atoms in total. The Bertz CT molecular complexity index is 247. The molecule has 0 aliphatic heterocycles. The molecule has 1 aromatic heterocycles. The summed E-state index contributed by atoms with van der Waals surface area (Å²) in [6.07, 6.45) is 0. The Morgan fingerprint density at radius 3 is 2.36 bits per heavy atom. The molecule has 1 heterocycles. The zero-order valence-electron chi connectivity index (χ0n) is 4.72. The van der Waals surface area contributed by atoms with E-state index in [-0.39, 0.29) is 16.1 Å². The van der Waals surface area contributed by atoms with Crippen molar-refractivity contribution in [3.8, 4) is 0 Å². The van der Waals surface area contributed by atoms with Gasteiger partial charge in [-0.05, 0) is 15.9 Å². The smallest absolute Gasteiger partial charge is 0.160 e. The third-order valence-electron chi connectivity index (χ3n) is 0.585. The van der Waals surface area contributed by atoms with Crippen LogP contribution in [0.25, 0.3) is 0 Å². The van der Waals surface area contributed by atoms with Crippen molar-refractivity contribution in [2.75, 3.05) is 0 Å². The first-order valence-corrected chi connectivity index (χ1v) is 4.65. The molecule has 0 N–H and O–H groups in total. The molecule has 0 unspecified atom stereocenters. The summed E-state index contributed by atoms with van der Waals surface area (Å²) >= 11 is 3.49. The molecule has 0 amide bonds. The van der Waals surface area contributed by atoms with E-state index < -0.39 is 5.51 Å². The summed E-state index contributed by atoms with van der Waals surface area (Å²) in [5.74, 6) is 0. The number of aromatic nitrogens is 2. The van der Waals surface area contributed by atoms with Gasteiger partial charge in [0.1, 0.15) is 0 Å². The van der Waals surface area contributed by atoms with Crippen LogP contribution in [0.2, 0.25) is 0 Å². The van der Waals surface area contributed by atoms with Gasteiger partial charge < -0.3 is 0 Å². The zero-order chi connectivity index (χ0) is 8.48. The van der Waals surface area contributed by atoms with E-state index in [1.807, 2.05) is 0 Å². The average Bonchev–Trinajstić information content (AvgIpc) is 2.10. The average molecular weight is 265 g/mol. The quantitative estimate of drug-likeness (QED) is 0.730. The zero-order valence-corrected chi connectivity index (χ0v) is 7.94. The highest BCUT2D eigenvalue weighted by atomic mass is 79.9. The Balaban J connectivity index is 2.65. The molecule has 0 spiro atoms. The van der Waals surface area contributed by atoms with Crippen molar-refractivity contribution in [3.63, 3.8) is 0 Å². The van der Waals surface area contributed by atoms with Crippen LogP contribution in [0.3, 0.4) is 0 Å². The molecule has 0 saturated carbocycles. The van der Waals surface area contributed by atoms with Gasteiger partial charge in [-0.25, -0.2) is 0 Å². The Hall–Kier alpha value is 0.180. The molecule has 1 aromatic rings. The topological polar surface area (TPSA) is 25.8 Å². The van der Waals surface area contributed by atoms with E-state index in [1.54, 1.807) is 0 Å². The minimum absolute atomic E-state index is 0.107. The Labute approximate surface area is 76.3 Å². The van der Waals surface area contributed by atoms with Crippen molar-refractivity contribution >= 4 is 39.0 Å². The number of nitrogens with zero attached hydrogens (tertiary/aromatic N) is 2. The second-order valence-corrected chi connectivity index (χ2v) is 4.93. The second-order valence-electron chi connectivity index (χ2n) is 1.37. The van der Waals surface area contributed by atoms with Crippen molar-refractivity contribution in [1.82, 2.24) is 10.2 Å². The van der Waals surface area contributed by atoms with Crippen molar-refractivity contribution in [3.05, 3.63) is 3.92 Å². The van der Waals surface area contributed by atoms with Crippen LogP contribution in [0.1, 0.15) is 0 Å². The highest BCUT2D eigenvalue weighted by molar-refractivity contribution is 9.11. The number of rotatable bonds is 1. The minimum atomic E-state index is -4.28. The fourth-order valence-electron chi connectivity index (χ4n) is 0.333.